The van der Waals surface area contributed by atoms with Crippen LogP contribution in [0, 0.1) is 5.41 Å². The highest BCUT2D eigenvalue weighted by atomic mass is 16.5. The van der Waals surface area contributed by atoms with E-state index in [9.17, 15) is 4.79 Å². The summed E-state index contributed by atoms with van der Waals surface area (Å²) in [5.41, 5.74) is 7.39. The minimum atomic E-state index is -0.208. The van der Waals surface area contributed by atoms with Crippen molar-refractivity contribution in [3.63, 3.8) is 0 Å². The van der Waals surface area contributed by atoms with E-state index in [0.717, 1.165) is 44.7 Å². The van der Waals surface area contributed by atoms with Crippen LogP contribution < -0.4 is 5.73 Å². The number of amides is 1. The van der Waals surface area contributed by atoms with Crippen molar-refractivity contribution in [1.82, 2.24) is 4.90 Å². The number of nitrogens with zero attached hydrogens (tertiary/aromatic N) is 1. The normalized spacial score (nSPS) is 27.1. The summed E-state index contributed by atoms with van der Waals surface area (Å²) in [5, 5.41) is 0. The maximum absolute atomic E-state index is 12.4. The van der Waals surface area contributed by atoms with Crippen LogP contribution in [0.25, 0.3) is 0 Å². The average molecular weight is 274 g/mol. The van der Waals surface area contributed by atoms with Crippen molar-refractivity contribution in [3.05, 3.63) is 35.9 Å². The summed E-state index contributed by atoms with van der Waals surface area (Å²) in [7, 11) is 0. The molecule has 2 unspecified atom stereocenters. The summed E-state index contributed by atoms with van der Waals surface area (Å²) in [4.78, 5) is 14.3. The van der Waals surface area contributed by atoms with Crippen LogP contribution in [0.2, 0.25) is 0 Å². The molecule has 2 atom stereocenters. The first-order valence-corrected chi connectivity index (χ1v) is 7.35. The van der Waals surface area contributed by atoms with Gasteiger partial charge >= 0.3 is 0 Å². The molecule has 0 radical (unpaired) electrons. The van der Waals surface area contributed by atoms with Gasteiger partial charge in [0, 0.05) is 37.6 Å². The first kappa shape index (κ1) is 13.6. The van der Waals surface area contributed by atoms with E-state index in [4.69, 9.17) is 10.5 Å². The Balaban J connectivity index is 1.57. The third-order valence-electron chi connectivity index (χ3n) is 4.60. The van der Waals surface area contributed by atoms with E-state index < -0.39 is 0 Å². The standard InChI is InChI=1S/C16H22N2O2/c17-14(13-4-2-1-3-5-13)10-15(19)18-8-6-16(11-18)7-9-20-12-16/h1-5,14H,6-12,17H2. The fourth-order valence-electron chi connectivity index (χ4n) is 3.25. The predicted molar refractivity (Wildman–Crippen MR) is 77.1 cm³/mol. The Morgan fingerprint density at radius 3 is 2.85 bits per heavy atom. The van der Waals surface area contributed by atoms with Crippen LogP contribution in [0.15, 0.2) is 30.3 Å². The van der Waals surface area contributed by atoms with Gasteiger partial charge in [0.15, 0.2) is 0 Å². The van der Waals surface area contributed by atoms with Crippen molar-refractivity contribution in [3.8, 4) is 0 Å². The minimum absolute atomic E-state index is 0.171. The molecule has 1 amide bonds. The molecule has 2 aliphatic heterocycles. The largest absolute Gasteiger partial charge is 0.381 e. The molecule has 0 aliphatic carbocycles. The Hall–Kier alpha value is -1.39. The molecule has 1 aromatic rings. The predicted octanol–water partition coefficient (Wildman–Crippen LogP) is 1.72. The fraction of sp³-hybridized carbons (Fsp3) is 0.562. The lowest BCUT2D eigenvalue weighted by molar-refractivity contribution is -0.131. The highest BCUT2D eigenvalue weighted by Crippen LogP contribution is 2.38. The van der Waals surface area contributed by atoms with Crippen LogP contribution >= 0.6 is 0 Å². The number of carbonyl (C=O) groups excluding carboxylic acids is 1. The van der Waals surface area contributed by atoms with Crippen LogP contribution in [-0.2, 0) is 9.53 Å². The van der Waals surface area contributed by atoms with E-state index in [2.05, 4.69) is 0 Å². The summed E-state index contributed by atoms with van der Waals surface area (Å²) in [6.45, 7) is 3.34. The molecule has 108 valence electrons. The smallest absolute Gasteiger partial charge is 0.224 e. The van der Waals surface area contributed by atoms with Crippen LogP contribution in [-0.4, -0.2) is 37.1 Å². The average Bonchev–Trinajstić information content (AvgIpc) is 3.10. The maximum atomic E-state index is 12.4. The number of hydrogen-bond donors (Lipinski definition) is 1. The lowest BCUT2D eigenvalue weighted by Crippen LogP contribution is -2.34. The zero-order valence-electron chi connectivity index (χ0n) is 11.8. The van der Waals surface area contributed by atoms with E-state index >= 15 is 0 Å². The molecular weight excluding hydrogens is 252 g/mol. The Labute approximate surface area is 119 Å². The highest BCUT2D eigenvalue weighted by molar-refractivity contribution is 5.77. The van der Waals surface area contributed by atoms with Crippen LogP contribution in [0.3, 0.4) is 0 Å². The maximum Gasteiger partial charge on any atom is 0.224 e. The molecule has 0 bridgehead atoms. The Morgan fingerprint density at radius 1 is 1.35 bits per heavy atom. The summed E-state index contributed by atoms with van der Waals surface area (Å²) >= 11 is 0. The molecule has 2 aliphatic rings. The molecule has 1 spiro atoms. The van der Waals surface area contributed by atoms with Gasteiger partial charge in [-0.2, -0.15) is 0 Å². The monoisotopic (exact) mass is 274 g/mol. The van der Waals surface area contributed by atoms with Gasteiger partial charge in [-0.05, 0) is 18.4 Å². The molecule has 0 aromatic heterocycles. The topological polar surface area (TPSA) is 55.6 Å². The Bertz CT molecular complexity index is 469. The van der Waals surface area contributed by atoms with Crippen molar-refractivity contribution < 1.29 is 9.53 Å². The fourth-order valence-corrected chi connectivity index (χ4v) is 3.25. The summed E-state index contributed by atoms with van der Waals surface area (Å²) in [5.74, 6) is 0.171. The zero-order chi connectivity index (χ0) is 14.0. The molecule has 2 heterocycles. The zero-order valence-corrected chi connectivity index (χ0v) is 11.8. The van der Waals surface area contributed by atoms with Gasteiger partial charge in [0.25, 0.3) is 0 Å². The quantitative estimate of drug-likeness (QED) is 0.913. The second-order valence-corrected chi connectivity index (χ2v) is 6.09. The van der Waals surface area contributed by atoms with E-state index in [1.165, 1.54) is 0 Å². The third-order valence-corrected chi connectivity index (χ3v) is 4.60. The molecule has 4 heteroatoms. The van der Waals surface area contributed by atoms with Gasteiger partial charge in [-0.1, -0.05) is 30.3 Å². The van der Waals surface area contributed by atoms with Crippen LogP contribution in [0.5, 0.6) is 0 Å². The molecule has 4 nitrogen and oxygen atoms in total. The van der Waals surface area contributed by atoms with E-state index in [-0.39, 0.29) is 17.4 Å². The van der Waals surface area contributed by atoms with E-state index in [0.29, 0.717) is 6.42 Å². The molecule has 0 saturated carbocycles. The second kappa shape index (κ2) is 5.54. The van der Waals surface area contributed by atoms with Crippen molar-refractivity contribution in [2.45, 2.75) is 25.3 Å². The van der Waals surface area contributed by atoms with Gasteiger partial charge in [-0.15, -0.1) is 0 Å². The van der Waals surface area contributed by atoms with Crippen molar-refractivity contribution in [2.75, 3.05) is 26.3 Å². The van der Waals surface area contributed by atoms with Crippen LogP contribution in [0.4, 0.5) is 0 Å². The lowest BCUT2D eigenvalue weighted by atomic mass is 9.87. The van der Waals surface area contributed by atoms with E-state index in [1.807, 2.05) is 35.2 Å². The number of hydrogen-bond acceptors (Lipinski definition) is 3. The van der Waals surface area contributed by atoms with Crippen molar-refractivity contribution in [1.29, 1.82) is 0 Å². The first-order chi connectivity index (χ1) is 9.69. The Morgan fingerprint density at radius 2 is 2.15 bits per heavy atom. The molecule has 2 saturated heterocycles. The van der Waals surface area contributed by atoms with Crippen LogP contribution in [0.1, 0.15) is 30.9 Å². The van der Waals surface area contributed by atoms with Gasteiger partial charge in [-0.25, -0.2) is 0 Å². The molecular formula is C16H22N2O2. The summed E-state index contributed by atoms with van der Waals surface area (Å²) in [6, 6.07) is 9.63. The van der Waals surface area contributed by atoms with Gasteiger partial charge in [0.05, 0.1) is 6.61 Å². The molecule has 3 rings (SSSR count). The number of rotatable bonds is 3. The van der Waals surface area contributed by atoms with E-state index in [1.54, 1.807) is 0 Å². The summed E-state index contributed by atoms with van der Waals surface area (Å²) in [6.07, 6.45) is 2.54. The van der Waals surface area contributed by atoms with Gasteiger partial charge in [-0.3, -0.25) is 4.79 Å². The highest BCUT2D eigenvalue weighted by Gasteiger charge is 2.42. The summed E-state index contributed by atoms with van der Waals surface area (Å²) < 4.78 is 5.50. The lowest BCUT2D eigenvalue weighted by Gasteiger charge is -2.23. The number of carbonyl (C=O) groups is 1. The van der Waals surface area contributed by atoms with Crippen molar-refractivity contribution in [2.24, 2.45) is 11.1 Å². The molecule has 2 fully saturated rings. The van der Waals surface area contributed by atoms with Gasteiger partial charge in [0.1, 0.15) is 0 Å². The van der Waals surface area contributed by atoms with Crippen molar-refractivity contribution >= 4 is 5.91 Å². The number of ether oxygens (including phenoxy) is 1. The molecule has 2 N–H and O–H groups in total. The Kier molecular flexibility index (Phi) is 3.76. The molecule has 1 aromatic carbocycles. The minimum Gasteiger partial charge on any atom is -0.381 e. The number of nitrogens with two attached hydrogens (primary N) is 1. The SMILES string of the molecule is NC(CC(=O)N1CCC2(CCOC2)C1)c1ccccc1. The number of benzene rings is 1. The second-order valence-electron chi connectivity index (χ2n) is 6.09. The van der Waals surface area contributed by atoms with Gasteiger partial charge in [0.2, 0.25) is 5.91 Å². The number of likely N-dealkylation sites (tertiary alicyclic amines) is 1. The first-order valence-electron chi connectivity index (χ1n) is 7.35. The van der Waals surface area contributed by atoms with Gasteiger partial charge < -0.3 is 15.4 Å². The molecule has 20 heavy (non-hydrogen) atoms. The third kappa shape index (κ3) is 2.72.